The van der Waals surface area contributed by atoms with Gasteiger partial charge in [-0.2, -0.15) is 12.1 Å². The summed E-state index contributed by atoms with van der Waals surface area (Å²) in [7, 11) is 0. The van der Waals surface area contributed by atoms with Gasteiger partial charge in [0.1, 0.15) is 0 Å². The van der Waals surface area contributed by atoms with Crippen molar-refractivity contribution in [2.45, 2.75) is 149 Å². The zero-order valence-electron chi connectivity index (χ0n) is 30.6. The number of hydrogen-bond donors (Lipinski definition) is 1. The molecule has 280 valence electrons. The van der Waals surface area contributed by atoms with Gasteiger partial charge in [-0.05, 0) is 97.7 Å². The molecule has 0 aromatic rings. The van der Waals surface area contributed by atoms with Crippen LogP contribution in [0.3, 0.4) is 0 Å². The van der Waals surface area contributed by atoms with E-state index in [-0.39, 0.29) is 64.3 Å². The molecule has 0 bridgehead atoms. The van der Waals surface area contributed by atoms with Crippen molar-refractivity contribution in [3.8, 4) is 0 Å². The molecule has 0 aromatic carbocycles. The van der Waals surface area contributed by atoms with Gasteiger partial charge in [0.2, 0.25) is 0 Å². The van der Waals surface area contributed by atoms with Gasteiger partial charge >= 0.3 is 5.97 Å². The molecule has 10 unspecified atom stereocenters. The normalized spacial score (nSPS) is 36.4. The maximum atomic E-state index is 11.1. The van der Waals surface area contributed by atoms with Crippen LogP contribution >= 0.6 is 0 Å². The Hall–Kier alpha value is -0.792. The zero-order chi connectivity index (χ0) is 34.4. The second kappa shape index (κ2) is 18.6. The topological polar surface area (TPSA) is 138 Å². The number of ether oxygens (including phenoxy) is 1. The molecule has 10 atom stereocenters. The number of carbonyl (C=O) groups is 2. The van der Waals surface area contributed by atoms with Crippen molar-refractivity contribution in [1.29, 1.82) is 0 Å². The average molecular weight is 852 g/mol. The summed E-state index contributed by atoms with van der Waals surface area (Å²) < 4.78 is 6.19. The van der Waals surface area contributed by atoms with E-state index in [1.807, 2.05) is 0 Å². The maximum Gasteiger partial charge on any atom is 0.317 e. The molecule has 48 heavy (non-hydrogen) atoms. The zero-order valence-corrected chi connectivity index (χ0v) is 32.8. The number of allylic oxidation sites excluding steroid dienone is 1. The number of carbonyl (C=O) groups excluding carboxylic acids is 1. The van der Waals surface area contributed by atoms with Crippen LogP contribution in [0.2, 0.25) is 0 Å². The van der Waals surface area contributed by atoms with Gasteiger partial charge in [0.05, 0.1) is 25.2 Å². The quantitative estimate of drug-likeness (QED) is 0.187. The van der Waals surface area contributed by atoms with E-state index >= 15 is 0 Å². The summed E-state index contributed by atoms with van der Waals surface area (Å²) in [6.45, 7) is 12.4. The Bertz CT molecular complexity index is 1050. The van der Waals surface area contributed by atoms with Crippen LogP contribution in [0.4, 0.5) is 0 Å². The van der Waals surface area contributed by atoms with E-state index in [1.165, 1.54) is 69.1 Å². The van der Waals surface area contributed by atoms with E-state index < -0.39 is 11.9 Å². The minimum Gasteiger partial charge on any atom is -0.676 e. The second-order valence-corrected chi connectivity index (χ2v) is 17.0. The summed E-state index contributed by atoms with van der Waals surface area (Å²) in [4.78, 5) is 23.4. The summed E-state index contributed by atoms with van der Waals surface area (Å²) in [5.41, 5.74) is 16.9. The van der Waals surface area contributed by atoms with Gasteiger partial charge in [0.25, 0.3) is 0 Å². The van der Waals surface area contributed by atoms with Gasteiger partial charge in [0, 0.05) is 34.2 Å². The first-order valence-electron chi connectivity index (χ1n) is 19.1. The SMILES string of the molecule is CC(C)CCCC(C)C1CCC2C3CC=C4CC(OCCN(CC(=O)[O-])CC(=O)O)CCC4(C)C3CCC12C.[NH-]C1CCCCC1[NH-].[Pt]. The third-order valence-corrected chi connectivity index (χ3v) is 13.5. The largest absolute Gasteiger partial charge is 0.676 e. The predicted octanol–water partition coefficient (Wildman–Crippen LogP) is 7.95. The third-order valence-electron chi connectivity index (χ3n) is 13.5. The molecule has 0 heterocycles. The van der Waals surface area contributed by atoms with Gasteiger partial charge in [-0.1, -0.05) is 91.2 Å². The molecule has 0 radical (unpaired) electrons. The molecule has 5 aliphatic carbocycles. The number of hydrogen-bond acceptors (Lipinski definition) is 5. The average Bonchev–Trinajstić information content (AvgIpc) is 3.35. The number of carboxylic acids is 2. The van der Waals surface area contributed by atoms with E-state index in [2.05, 4.69) is 40.7 Å². The van der Waals surface area contributed by atoms with Crippen LogP contribution in [-0.4, -0.2) is 66.4 Å². The molecule has 5 aliphatic rings. The number of nitrogens with one attached hydrogen (secondary N) is 2. The Morgan fingerprint density at radius 2 is 1.67 bits per heavy atom. The molecular weight excluding hydrogens is 786 g/mol. The van der Waals surface area contributed by atoms with Crippen molar-refractivity contribution < 1.29 is 45.6 Å². The molecule has 3 N–H and O–H groups in total. The minimum absolute atomic E-state index is 0. The molecule has 0 amide bonds. The fraction of sp³-hybridized carbons (Fsp3) is 0.897. The Morgan fingerprint density at radius 3 is 2.27 bits per heavy atom. The fourth-order valence-electron chi connectivity index (χ4n) is 10.9. The van der Waals surface area contributed by atoms with Crippen LogP contribution in [-0.2, 0) is 35.4 Å². The molecule has 0 aliphatic heterocycles. The number of rotatable bonds is 13. The van der Waals surface area contributed by atoms with Crippen molar-refractivity contribution in [2.24, 2.45) is 46.3 Å². The monoisotopic (exact) mass is 851 g/mol. The van der Waals surface area contributed by atoms with E-state index in [1.54, 1.807) is 5.57 Å². The molecule has 9 heteroatoms. The van der Waals surface area contributed by atoms with Gasteiger partial charge in [0.15, 0.2) is 0 Å². The van der Waals surface area contributed by atoms with E-state index in [0.29, 0.717) is 12.0 Å². The van der Waals surface area contributed by atoms with Gasteiger partial charge < -0.3 is 31.2 Å². The van der Waals surface area contributed by atoms with Crippen LogP contribution in [0, 0.1) is 46.3 Å². The summed E-state index contributed by atoms with van der Waals surface area (Å²) >= 11 is 0. The summed E-state index contributed by atoms with van der Waals surface area (Å²) in [5, 5.41) is 20.0. The van der Waals surface area contributed by atoms with Crippen LogP contribution in [0.15, 0.2) is 11.6 Å². The molecule has 0 spiro atoms. The predicted molar refractivity (Wildman–Crippen MR) is 187 cm³/mol. The Kier molecular flexibility index (Phi) is 16.2. The van der Waals surface area contributed by atoms with Crippen molar-refractivity contribution in [3.05, 3.63) is 23.1 Å². The van der Waals surface area contributed by atoms with Crippen molar-refractivity contribution in [2.75, 3.05) is 26.2 Å². The Morgan fingerprint density at radius 1 is 0.979 bits per heavy atom. The van der Waals surface area contributed by atoms with Crippen molar-refractivity contribution in [3.63, 3.8) is 0 Å². The third kappa shape index (κ3) is 10.4. The van der Waals surface area contributed by atoms with Crippen LogP contribution in [0.25, 0.3) is 11.5 Å². The molecular formula is C39H66N3O5Pt-3. The first-order chi connectivity index (χ1) is 22.2. The van der Waals surface area contributed by atoms with Gasteiger partial charge in [-0.15, -0.1) is 0 Å². The smallest absolute Gasteiger partial charge is 0.317 e. The number of nitrogens with zero attached hydrogens (tertiary/aromatic N) is 1. The van der Waals surface area contributed by atoms with Gasteiger partial charge in [-0.25, -0.2) is 0 Å². The minimum atomic E-state index is -1.26. The second-order valence-electron chi connectivity index (χ2n) is 17.0. The van der Waals surface area contributed by atoms with Crippen LogP contribution in [0.5, 0.6) is 0 Å². The van der Waals surface area contributed by atoms with Crippen LogP contribution < -0.4 is 5.11 Å². The first-order valence-corrected chi connectivity index (χ1v) is 19.1. The first kappa shape index (κ1) is 41.6. The maximum absolute atomic E-state index is 11.1. The standard InChI is InChI=1S/C33H55NO5.C6H12N2.Pt/c1-22(2)7-6-8-23(3)27-11-12-28-26-10-9-24-19-25(39-18-17-34(20-30(35)36)21-31(37)38)13-15-32(24,4)29(26)14-16-33(27,28)5;7-5-3-1-2-4-6(5)8;/h9,22-23,25-29H,6-8,10-21H2,1-5H3,(H,35,36)(H,37,38);5-8H,1-4H2;/q;-2;/p-1. The molecule has 4 fully saturated rings. The number of carboxylic acid groups (broad SMARTS) is 2. The molecule has 4 saturated carbocycles. The Labute approximate surface area is 306 Å². The van der Waals surface area contributed by atoms with Crippen LogP contribution in [0.1, 0.15) is 131 Å². The molecule has 5 rings (SSSR count). The summed E-state index contributed by atoms with van der Waals surface area (Å²) in [5.74, 6) is 2.69. The number of aliphatic carboxylic acids is 2. The number of fused-ring (bicyclic) bond motifs is 5. The fourth-order valence-corrected chi connectivity index (χ4v) is 10.9. The van der Waals surface area contributed by atoms with Crippen molar-refractivity contribution >= 4 is 11.9 Å². The molecule has 0 saturated heterocycles. The molecule has 0 aromatic heterocycles. The van der Waals surface area contributed by atoms with E-state index in [9.17, 15) is 14.7 Å². The Balaban J connectivity index is 0.000000608. The van der Waals surface area contributed by atoms with E-state index in [0.717, 1.165) is 67.6 Å². The summed E-state index contributed by atoms with van der Waals surface area (Å²) in [6.07, 6.45) is 21.0. The van der Waals surface area contributed by atoms with Crippen molar-refractivity contribution in [1.82, 2.24) is 4.90 Å². The van der Waals surface area contributed by atoms with Gasteiger partial charge in [-0.3, -0.25) is 9.69 Å². The van der Waals surface area contributed by atoms with E-state index in [4.69, 9.17) is 21.3 Å². The molecule has 8 nitrogen and oxygen atoms in total. The summed E-state index contributed by atoms with van der Waals surface area (Å²) in [6, 6.07) is -0.160.